The lowest BCUT2D eigenvalue weighted by atomic mass is 10.0. The van der Waals surface area contributed by atoms with Gasteiger partial charge in [0, 0.05) is 31.0 Å². The number of aromatic nitrogens is 2. The topological polar surface area (TPSA) is 56.6 Å². The molecular formula is C19H25N3O3. The van der Waals surface area contributed by atoms with Crippen LogP contribution in [-0.4, -0.2) is 41.1 Å². The summed E-state index contributed by atoms with van der Waals surface area (Å²) >= 11 is 0. The molecule has 1 atom stereocenters. The van der Waals surface area contributed by atoms with E-state index < -0.39 is 0 Å². The first-order chi connectivity index (χ1) is 12.1. The van der Waals surface area contributed by atoms with E-state index in [4.69, 9.17) is 9.47 Å². The van der Waals surface area contributed by atoms with Gasteiger partial charge in [-0.3, -0.25) is 4.79 Å². The van der Waals surface area contributed by atoms with E-state index in [1.165, 1.54) is 0 Å². The van der Waals surface area contributed by atoms with Gasteiger partial charge in [-0.2, -0.15) is 0 Å². The third kappa shape index (κ3) is 3.21. The lowest BCUT2D eigenvalue weighted by Gasteiger charge is -2.32. The van der Waals surface area contributed by atoms with Crippen molar-refractivity contribution >= 4 is 5.91 Å². The van der Waals surface area contributed by atoms with Gasteiger partial charge in [0.05, 0.1) is 20.3 Å². The Morgan fingerprint density at radius 2 is 1.96 bits per heavy atom. The maximum absolute atomic E-state index is 13.3. The van der Waals surface area contributed by atoms with Gasteiger partial charge in [-0.25, -0.2) is 4.98 Å². The summed E-state index contributed by atoms with van der Waals surface area (Å²) < 4.78 is 12.8. The number of aryl methyl sites for hydroxylation is 1. The quantitative estimate of drug-likeness (QED) is 0.856. The Kier molecular flexibility index (Phi) is 4.97. The molecule has 6 nitrogen and oxygen atoms in total. The number of amides is 1. The smallest absolute Gasteiger partial charge is 0.254 e. The first kappa shape index (κ1) is 17.3. The number of ether oxygens (including phenoxy) is 2. The van der Waals surface area contributed by atoms with Crippen molar-refractivity contribution in [2.75, 3.05) is 20.8 Å². The predicted octanol–water partition coefficient (Wildman–Crippen LogP) is 3.14. The number of methoxy groups -OCH3 is 2. The fraction of sp³-hybridized carbons (Fsp3) is 0.474. The van der Waals surface area contributed by atoms with Crippen LogP contribution < -0.4 is 9.47 Å². The number of nitrogens with zero attached hydrogens (tertiary/aromatic N) is 3. The van der Waals surface area contributed by atoms with E-state index in [-0.39, 0.29) is 17.9 Å². The molecule has 0 saturated heterocycles. The van der Waals surface area contributed by atoms with Gasteiger partial charge in [0.25, 0.3) is 5.91 Å². The minimum absolute atomic E-state index is 0.00361. The van der Waals surface area contributed by atoms with E-state index in [0.717, 1.165) is 18.8 Å². The molecule has 0 saturated carbocycles. The number of benzene rings is 1. The Labute approximate surface area is 148 Å². The van der Waals surface area contributed by atoms with Crippen LogP contribution in [0.3, 0.4) is 0 Å². The van der Waals surface area contributed by atoms with Crippen molar-refractivity contribution in [1.82, 2.24) is 14.5 Å². The van der Waals surface area contributed by atoms with Crippen LogP contribution in [-0.2, 0) is 6.54 Å². The number of carbonyl (C=O) groups is 1. The molecule has 0 bridgehead atoms. The lowest BCUT2D eigenvalue weighted by molar-refractivity contribution is 0.0621. The molecule has 2 heterocycles. The Morgan fingerprint density at radius 3 is 2.64 bits per heavy atom. The third-order valence-corrected chi connectivity index (χ3v) is 4.67. The molecular weight excluding hydrogens is 318 g/mol. The highest BCUT2D eigenvalue weighted by Crippen LogP contribution is 2.33. The summed E-state index contributed by atoms with van der Waals surface area (Å²) in [6.45, 7) is 5.85. The summed E-state index contributed by atoms with van der Waals surface area (Å²) in [4.78, 5) is 19.7. The summed E-state index contributed by atoms with van der Waals surface area (Å²) in [6, 6.07) is 5.27. The number of carbonyl (C=O) groups excluding carboxylic acids is 1. The minimum Gasteiger partial charge on any atom is -0.493 e. The van der Waals surface area contributed by atoms with Crippen LogP contribution in [0.4, 0.5) is 0 Å². The molecule has 25 heavy (non-hydrogen) atoms. The predicted molar refractivity (Wildman–Crippen MR) is 95.0 cm³/mol. The molecule has 1 aliphatic rings. The van der Waals surface area contributed by atoms with E-state index in [0.29, 0.717) is 23.6 Å². The number of fused-ring (bicyclic) bond motifs is 1. The molecule has 1 aliphatic heterocycles. The number of imidazole rings is 1. The standard InChI is InChI=1S/C19H25N3O3/c1-13(2)17-18-20-8-11-21(18)9-5-10-22(17)19(23)14-6-7-15(24-3)16(12-14)25-4/h6-8,11-13,17H,5,9-10H2,1-4H3. The highest BCUT2D eigenvalue weighted by Gasteiger charge is 2.33. The van der Waals surface area contributed by atoms with E-state index in [9.17, 15) is 4.79 Å². The molecule has 2 aromatic rings. The van der Waals surface area contributed by atoms with E-state index in [2.05, 4.69) is 23.4 Å². The van der Waals surface area contributed by atoms with Gasteiger partial charge in [-0.15, -0.1) is 0 Å². The molecule has 6 heteroatoms. The molecule has 1 amide bonds. The summed E-state index contributed by atoms with van der Waals surface area (Å²) in [5, 5.41) is 0. The van der Waals surface area contributed by atoms with Crippen molar-refractivity contribution < 1.29 is 14.3 Å². The fourth-order valence-electron chi connectivity index (χ4n) is 3.49. The molecule has 3 rings (SSSR count). The van der Waals surface area contributed by atoms with E-state index in [1.807, 2.05) is 17.3 Å². The van der Waals surface area contributed by atoms with Crippen LogP contribution in [0.2, 0.25) is 0 Å². The van der Waals surface area contributed by atoms with Gasteiger partial charge in [-0.1, -0.05) is 13.8 Å². The molecule has 0 spiro atoms. The zero-order chi connectivity index (χ0) is 18.0. The maximum Gasteiger partial charge on any atom is 0.254 e. The zero-order valence-electron chi connectivity index (χ0n) is 15.2. The SMILES string of the molecule is COc1ccc(C(=O)N2CCCn3ccnc3C2C(C)C)cc1OC. The van der Waals surface area contributed by atoms with E-state index in [1.54, 1.807) is 32.4 Å². The van der Waals surface area contributed by atoms with E-state index >= 15 is 0 Å². The van der Waals surface area contributed by atoms with Crippen molar-refractivity contribution in [1.29, 1.82) is 0 Å². The summed E-state index contributed by atoms with van der Waals surface area (Å²) in [7, 11) is 3.16. The van der Waals surface area contributed by atoms with Gasteiger partial charge >= 0.3 is 0 Å². The second-order valence-electron chi connectivity index (χ2n) is 6.59. The van der Waals surface area contributed by atoms with Crippen LogP contribution in [0, 0.1) is 5.92 Å². The van der Waals surface area contributed by atoms with Gasteiger partial charge in [0.2, 0.25) is 0 Å². The molecule has 0 radical (unpaired) electrons. The molecule has 1 aromatic heterocycles. The normalized spacial score (nSPS) is 17.2. The van der Waals surface area contributed by atoms with Gasteiger partial charge in [0.1, 0.15) is 5.82 Å². The van der Waals surface area contributed by atoms with Crippen molar-refractivity contribution in [2.45, 2.75) is 32.9 Å². The first-order valence-electron chi connectivity index (χ1n) is 8.60. The molecule has 1 unspecified atom stereocenters. The largest absolute Gasteiger partial charge is 0.493 e. The number of hydrogen-bond donors (Lipinski definition) is 0. The number of hydrogen-bond acceptors (Lipinski definition) is 4. The maximum atomic E-state index is 13.3. The lowest BCUT2D eigenvalue weighted by Crippen LogP contribution is -2.38. The summed E-state index contributed by atoms with van der Waals surface area (Å²) in [5.41, 5.74) is 0.600. The first-order valence-corrected chi connectivity index (χ1v) is 8.60. The molecule has 134 valence electrons. The number of rotatable bonds is 4. The Hall–Kier alpha value is -2.50. The van der Waals surface area contributed by atoms with Crippen LogP contribution >= 0.6 is 0 Å². The van der Waals surface area contributed by atoms with Crippen molar-refractivity contribution in [3.63, 3.8) is 0 Å². The average Bonchev–Trinajstić information content (AvgIpc) is 2.99. The Morgan fingerprint density at radius 1 is 1.20 bits per heavy atom. The van der Waals surface area contributed by atoms with Crippen molar-refractivity contribution in [3.8, 4) is 11.5 Å². The fourth-order valence-corrected chi connectivity index (χ4v) is 3.49. The minimum atomic E-state index is -0.0434. The van der Waals surface area contributed by atoms with Crippen LogP contribution in [0.5, 0.6) is 11.5 Å². The molecule has 0 aliphatic carbocycles. The Balaban J connectivity index is 1.97. The van der Waals surface area contributed by atoms with Crippen LogP contribution in [0.25, 0.3) is 0 Å². The van der Waals surface area contributed by atoms with Gasteiger partial charge in [0.15, 0.2) is 11.5 Å². The molecule has 0 fully saturated rings. The molecule has 0 N–H and O–H groups in total. The monoisotopic (exact) mass is 343 g/mol. The van der Waals surface area contributed by atoms with Crippen molar-refractivity contribution in [2.24, 2.45) is 5.92 Å². The van der Waals surface area contributed by atoms with Gasteiger partial charge < -0.3 is 18.9 Å². The Bertz CT molecular complexity index is 754. The van der Waals surface area contributed by atoms with Crippen LogP contribution in [0.15, 0.2) is 30.6 Å². The second-order valence-corrected chi connectivity index (χ2v) is 6.59. The van der Waals surface area contributed by atoms with Crippen molar-refractivity contribution in [3.05, 3.63) is 42.0 Å². The third-order valence-electron chi connectivity index (χ3n) is 4.67. The highest BCUT2D eigenvalue weighted by atomic mass is 16.5. The second kappa shape index (κ2) is 7.17. The summed E-state index contributed by atoms with van der Waals surface area (Å²) in [5.74, 6) is 2.40. The summed E-state index contributed by atoms with van der Waals surface area (Å²) in [6.07, 6.45) is 4.72. The van der Waals surface area contributed by atoms with Gasteiger partial charge in [-0.05, 0) is 30.5 Å². The van der Waals surface area contributed by atoms with Crippen LogP contribution in [0.1, 0.15) is 42.5 Å². The highest BCUT2D eigenvalue weighted by molar-refractivity contribution is 5.95. The zero-order valence-corrected chi connectivity index (χ0v) is 15.2. The average molecular weight is 343 g/mol. The molecule has 1 aromatic carbocycles.